The third-order valence-corrected chi connectivity index (χ3v) is 4.14. The normalized spacial score (nSPS) is 17.7. The van der Waals surface area contributed by atoms with Crippen LogP contribution in [0, 0.1) is 0 Å². The van der Waals surface area contributed by atoms with Gasteiger partial charge in [-0.1, -0.05) is 30.3 Å². The van der Waals surface area contributed by atoms with Crippen LogP contribution in [0.2, 0.25) is 0 Å². The number of benzene rings is 2. The summed E-state index contributed by atoms with van der Waals surface area (Å²) in [6, 6.07) is 14.9. The zero-order valence-electron chi connectivity index (χ0n) is 12.6. The van der Waals surface area contributed by atoms with Crippen molar-refractivity contribution in [3.8, 4) is 11.5 Å². The van der Waals surface area contributed by atoms with Gasteiger partial charge in [0.1, 0.15) is 0 Å². The SMILES string of the molecule is COc1cc2c(cc1OC)C(c1ccccc1)CNCC2. The summed E-state index contributed by atoms with van der Waals surface area (Å²) in [6.07, 6.45) is 1.01. The van der Waals surface area contributed by atoms with E-state index in [4.69, 9.17) is 9.47 Å². The number of hydrogen-bond acceptors (Lipinski definition) is 3. The summed E-state index contributed by atoms with van der Waals surface area (Å²) in [7, 11) is 3.38. The predicted molar refractivity (Wildman–Crippen MR) is 84.4 cm³/mol. The van der Waals surface area contributed by atoms with Crippen molar-refractivity contribution in [1.29, 1.82) is 0 Å². The van der Waals surface area contributed by atoms with E-state index in [9.17, 15) is 0 Å². The van der Waals surface area contributed by atoms with Crippen LogP contribution in [0.25, 0.3) is 0 Å². The molecule has 21 heavy (non-hydrogen) atoms. The van der Waals surface area contributed by atoms with Gasteiger partial charge in [0, 0.05) is 12.5 Å². The average Bonchev–Trinajstić information content (AvgIpc) is 2.76. The van der Waals surface area contributed by atoms with Crippen LogP contribution in [0.15, 0.2) is 42.5 Å². The fourth-order valence-electron chi connectivity index (χ4n) is 3.04. The van der Waals surface area contributed by atoms with Crippen LogP contribution in [-0.2, 0) is 6.42 Å². The fraction of sp³-hybridized carbons (Fsp3) is 0.333. The van der Waals surface area contributed by atoms with Crippen LogP contribution in [0.4, 0.5) is 0 Å². The molecule has 0 bridgehead atoms. The maximum absolute atomic E-state index is 5.48. The highest BCUT2D eigenvalue weighted by molar-refractivity contribution is 5.51. The summed E-state index contributed by atoms with van der Waals surface area (Å²) in [4.78, 5) is 0. The smallest absolute Gasteiger partial charge is 0.161 e. The van der Waals surface area contributed by atoms with Crippen molar-refractivity contribution in [1.82, 2.24) is 5.32 Å². The molecule has 110 valence electrons. The summed E-state index contributed by atoms with van der Waals surface area (Å²) in [6.45, 7) is 1.94. The Labute approximate surface area is 125 Å². The molecule has 0 fully saturated rings. The lowest BCUT2D eigenvalue weighted by Crippen LogP contribution is -2.20. The molecule has 0 radical (unpaired) electrons. The lowest BCUT2D eigenvalue weighted by molar-refractivity contribution is 0.354. The van der Waals surface area contributed by atoms with E-state index in [1.807, 2.05) is 0 Å². The summed E-state index contributed by atoms with van der Waals surface area (Å²) < 4.78 is 10.9. The maximum Gasteiger partial charge on any atom is 0.161 e. The molecule has 0 saturated heterocycles. The lowest BCUT2D eigenvalue weighted by atomic mass is 9.88. The first kappa shape index (κ1) is 14.0. The Morgan fingerprint density at radius 2 is 1.71 bits per heavy atom. The van der Waals surface area contributed by atoms with E-state index in [0.717, 1.165) is 31.0 Å². The van der Waals surface area contributed by atoms with Crippen molar-refractivity contribution in [3.05, 3.63) is 59.2 Å². The molecular weight excluding hydrogens is 262 g/mol. The molecule has 3 rings (SSSR count). The van der Waals surface area contributed by atoms with Gasteiger partial charge in [-0.25, -0.2) is 0 Å². The fourth-order valence-corrected chi connectivity index (χ4v) is 3.04. The van der Waals surface area contributed by atoms with Crippen LogP contribution < -0.4 is 14.8 Å². The molecular formula is C18H21NO2. The quantitative estimate of drug-likeness (QED) is 0.939. The van der Waals surface area contributed by atoms with Crippen LogP contribution in [0.5, 0.6) is 11.5 Å². The van der Waals surface area contributed by atoms with Gasteiger partial charge in [0.05, 0.1) is 14.2 Å². The molecule has 1 unspecified atom stereocenters. The van der Waals surface area contributed by atoms with Crippen molar-refractivity contribution in [2.75, 3.05) is 27.3 Å². The molecule has 3 nitrogen and oxygen atoms in total. The molecule has 1 heterocycles. The number of methoxy groups -OCH3 is 2. The first-order valence-electron chi connectivity index (χ1n) is 7.34. The van der Waals surface area contributed by atoms with E-state index in [1.165, 1.54) is 16.7 Å². The van der Waals surface area contributed by atoms with Crippen molar-refractivity contribution in [3.63, 3.8) is 0 Å². The Kier molecular flexibility index (Phi) is 4.11. The summed E-state index contributed by atoms with van der Waals surface area (Å²) in [5.41, 5.74) is 4.01. The number of nitrogens with one attached hydrogen (secondary N) is 1. The first-order chi connectivity index (χ1) is 10.3. The van der Waals surface area contributed by atoms with E-state index in [-0.39, 0.29) is 0 Å². The minimum atomic E-state index is 0.350. The summed E-state index contributed by atoms with van der Waals surface area (Å²) in [5.74, 6) is 1.97. The van der Waals surface area contributed by atoms with Crippen molar-refractivity contribution >= 4 is 0 Å². The molecule has 0 amide bonds. The highest BCUT2D eigenvalue weighted by atomic mass is 16.5. The Hall–Kier alpha value is -2.00. The van der Waals surface area contributed by atoms with Crippen molar-refractivity contribution in [2.45, 2.75) is 12.3 Å². The van der Waals surface area contributed by atoms with Gasteiger partial charge in [-0.15, -0.1) is 0 Å². The zero-order chi connectivity index (χ0) is 14.7. The maximum atomic E-state index is 5.48. The second-order valence-electron chi connectivity index (χ2n) is 5.32. The molecule has 0 saturated carbocycles. The molecule has 1 N–H and O–H groups in total. The molecule has 1 atom stereocenters. The molecule has 0 aromatic heterocycles. The van der Waals surface area contributed by atoms with E-state index >= 15 is 0 Å². The van der Waals surface area contributed by atoms with E-state index < -0.39 is 0 Å². The van der Waals surface area contributed by atoms with Crippen molar-refractivity contribution < 1.29 is 9.47 Å². The Balaban J connectivity index is 2.10. The molecule has 1 aliphatic heterocycles. The number of hydrogen-bond donors (Lipinski definition) is 1. The average molecular weight is 283 g/mol. The van der Waals surface area contributed by atoms with Gasteiger partial charge in [0.15, 0.2) is 11.5 Å². The largest absolute Gasteiger partial charge is 0.493 e. The van der Waals surface area contributed by atoms with E-state index in [0.29, 0.717) is 5.92 Å². The van der Waals surface area contributed by atoms with Crippen LogP contribution >= 0.6 is 0 Å². The number of fused-ring (bicyclic) bond motifs is 1. The van der Waals surface area contributed by atoms with E-state index in [1.54, 1.807) is 14.2 Å². The number of rotatable bonds is 3. The number of ether oxygens (including phenoxy) is 2. The second-order valence-corrected chi connectivity index (χ2v) is 5.32. The molecule has 3 heteroatoms. The third kappa shape index (κ3) is 2.74. The molecule has 2 aromatic carbocycles. The minimum Gasteiger partial charge on any atom is -0.493 e. The second kappa shape index (κ2) is 6.19. The van der Waals surface area contributed by atoms with Gasteiger partial charge >= 0.3 is 0 Å². The van der Waals surface area contributed by atoms with Gasteiger partial charge in [0.25, 0.3) is 0 Å². The highest BCUT2D eigenvalue weighted by Gasteiger charge is 2.22. The minimum absolute atomic E-state index is 0.350. The lowest BCUT2D eigenvalue weighted by Gasteiger charge is -2.20. The predicted octanol–water partition coefficient (Wildman–Crippen LogP) is 2.98. The van der Waals surface area contributed by atoms with E-state index in [2.05, 4.69) is 47.8 Å². The topological polar surface area (TPSA) is 30.5 Å². The summed E-state index contributed by atoms with van der Waals surface area (Å²) >= 11 is 0. The Morgan fingerprint density at radius 3 is 2.43 bits per heavy atom. The third-order valence-electron chi connectivity index (χ3n) is 4.14. The standard InChI is InChI=1S/C18H21NO2/c1-20-17-10-14-8-9-19-12-16(13-6-4-3-5-7-13)15(14)11-18(17)21-2/h3-7,10-11,16,19H,8-9,12H2,1-2H3. The van der Waals surface area contributed by atoms with Crippen LogP contribution in [0.1, 0.15) is 22.6 Å². The van der Waals surface area contributed by atoms with Crippen LogP contribution in [-0.4, -0.2) is 27.3 Å². The van der Waals surface area contributed by atoms with Gasteiger partial charge in [-0.2, -0.15) is 0 Å². The molecule has 1 aliphatic rings. The van der Waals surface area contributed by atoms with Gasteiger partial charge in [0.2, 0.25) is 0 Å². The van der Waals surface area contributed by atoms with Crippen molar-refractivity contribution in [2.24, 2.45) is 0 Å². The van der Waals surface area contributed by atoms with Gasteiger partial charge < -0.3 is 14.8 Å². The Morgan fingerprint density at radius 1 is 1.00 bits per heavy atom. The molecule has 0 aliphatic carbocycles. The Bertz CT molecular complexity index is 610. The monoisotopic (exact) mass is 283 g/mol. The molecule has 2 aromatic rings. The first-order valence-corrected chi connectivity index (χ1v) is 7.34. The molecule has 0 spiro atoms. The summed E-state index contributed by atoms with van der Waals surface area (Å²) in [5, 5.41) is 3.54. The highest BCUT2D eigenvalue weighted by Crippen LogP contribution is 2.37. The van der Waals surface area contributed by atoms with Gasteiger partial charge in [-0.05, 0) is 41.8 Å². The van der Waals surface area contributed by atoms with Gasteiger partial charge in [-0.3, -0.25) is 0 Å². The zero-order valence-corrected chi connectivity index (χ0v) is 12.6. The van der Waals surface area contributed by atoms with Crippen LogP contribution in [0.3, 0.4) is 0 Å².